The Morgan fingerprint density at radius 1 is 1.39 bits per heavy atom. The van der Waals surface area contributed by atoms with Gasteiger partial charge in [0.15, 0.2) is 5.58 Å². The SMILES string of the molecule is CCC(C)C(NC(=O)Nc1cccc2[nH]c(=O)oc12)C(F)(F)F. The molecule has 0 aliphatic rings. The number of fused-ring (bicyclic) bond motifs is 1. The minimum Gasteiger partial charge on any atom is -0.406 e. The normalized spacial score (nSPS) is 14.5. The lowest BCUT2D eigenvalue weighted by Crippen LogP contribution is -2.50. The largest absolute Gasteiger partial charge is 0.417 e. The van der Waals surface area contributed by atoms with Crippen molar-refractivity contribution >= 4 is 22.8 Å². The molecule has 2 amide bonds. The predicted molar refractivity (Wildman–Crippen MR) is 78.3 cm³/mol. The van der Waals surface area contributed by atoms with Gasteiger partial charge >= 0.3 is 18.0 Å². The number of alkyl halides is 3. The number of carbonyl (C=O) groups excluding carboxylic acids is 1. The average Bonchev–Trinajstić information content (AvgIpc) is 2.84. The number of halogens is 3. The van der Waals surface area contributed by atoms with Gasteiger partial charge in [-0.15, -0.1) is 0 Å². The maximum absolute atomic E-state index is 13.0. The molecule has 0 saturated heterocycles. The maximum atomic E-state index is 13.0. The summed E-state index contributed by atoms with van der Waals surface area (Å²) in [6, 6.07) is 1.50. The zero-order valence-corrected chi connectivity index (χ0v) is 12.5. The lowest BCUT2D eigenvalue weighted by atomic mass is 9.99. The standard InChI is InChI=1S/C14H16F3N3O3/c1-3-7(2)11(14(15,16)17)20-12(21)18-8-5-4-6-9-10(8)23-13(22)19-9/h4-7,11H,3H2,1-2H3,(H,19,22)(H2,18,20,21). The first-order chi connectivity index (χ1) is 10.7. The number of carbonyl (C=O) groups is 1. The molecule has 6 nitrogen and oxygen atoms in total. The van der Waals surface area contributed by atoms with E-state index in [-0.39, 0.29) is 17.7 Å². The van der Waals surface area contributed by atoms with Crippen LogP contribution in [0, 0.1) is 5.92 Å². The van der Waals surface area contributed by atoms with E-state index < -0.39 is 29.9 Å². The van der Waals surface area contributed by atoms with Gasteiger partial charge in [-0.1, -0.05) is 26.3 Å². The van der Waals surface area contributed by atoms with Crippen LogP contribution in [0.4, 0.5) is 23.7 Å². The highest BCUT2D eigenvalue weighted by Gasteiger charge is 2.43. The molecule has 0 bridgehead atoms. The molecule has 3 N–H and O–H groups in total. The van der Waals surface area contributed by atoms with E-state index >= 15 is 0 Å². The van der Waals surface area contributed by atoms with E-state index in [1.54, 1.807) is 13.0 Å². The molecule has 0 aliphatic heterocycles. The predicted octanol–water partition coefficient (Wildman–Crippen LogP) is 3.22. The van der Waals surface area contributed by atoms with Crippen LogP contribution in [-0.2, 0) is 0 Å². The molecule has 0 radical (unpaired) electrons. The number of urea groups is 1. The van der Waals surface area contributed by atoms with Gasteiger partial charge in [-0.25, -0.2) is 9.59 Å². The third-order valence-electron chi connectivity index (χ3n) is 3.55. The molecule has 1 aromatic carbocycles. The number of rotatable bonds is 4. The Morgan fingerprint density at radius 3 is 2.70 bits per heavy atom. The van der Waals surface area contributed by atoms with Gasteiger partial charge in [0.2, 0.25) is 0 Å². The van der Waals surface area contributed by atoms with Crippen LogP contribution in [0.2, 0.25) is 0 Å². The Morgan fingerprint density at radius 2 is 2.09 bits per heavy atom. The Labute approximate surface area is 129 Å². The molecule has 0 saturated carbocycles. The van der Waals surface area contributed by atoms with Crippen molar-refractivity contribution < 1.29 is 22.4 Å². The van der Waals surface area contributed by atoms with Crippen LogP contribution in [0.25, 0.3) is 11.1 Å². The topological polar surface area (TPSA) is 87.1 Å². The summed E-state index contributed by atoms with van der Waals surface area (Å²) >= 11 is 0. The molecule has 1 aromatic heterocycles. The Bertz CT molecular complexity index is 751. The monoisotopic (exact) mass is 331 g/mol. The Hall–Kier alpha value is -2.45. The van der Waals surface area contributed by atoms with Crippen molar-refractivity contribution in [1.82, 2.24) is 10.3 Å². The Kier molecular flexibility index (Phi) is 4.67. The first-order valence-corrected chi connectivity index (χ1v) is 6.98. The first kappa shape index (κ1) is 16.9. The summed E-state index contributed by atoms with van der Waals surface area (Å²) in [5.74, 6) is -1.50. The lowest BCUT2D eigenvalue weighted by Gasteiger charge is -2.26. The highest BCUT2D eigenvalue weighted by molar-refractivity contribution is 5.97. The fourth-order valence-electron chi connectivity index (χ4n) is 2.15. The minimum atomic E-state index is -4.56. The second kappa shape index (κ2) is 6.35. The average molecular weight is 331 g/mol. The number of hydrogen-bond donors (Lipinski definition) is 3. The molecule has 0 spiro atoms. The quantitative estimate of drug-likeness (QED) is 0.804. The highest BCUT2D eigenvalue weighted by atomic mass is 19.4. The van der Waals surface area contributed by atoms with Gasteiger partial charge in [-0.05, 0) is 18.1 Å². The molecular formula is C14H16F3N3O3. The van der Waals surface area contributed by atoms with Crippen molar-refractivity contribution in [3.8, 4) is 0 Å². The van der Waals surface area contributed by atoms with E-state index in [9.17, 15) is 22.8 Å². The summed E-state index contributed by atoms with van der Waals surface area (Å²) in [6.07, 6.45) is -4.30. The van der Waals surface area contributed by atoms with E-state index in [4.69, 9.17) is 4.42 Å². The van der Waals surface area contributed by atoms with E-state index in [0.717, 1.165) is 0 Å². The van der Waals surface area contributed by atoms with E-state index in [1.165, 1.54) is 19.1 Å². The molecule has 2 unspecified atom stereocenters. The first-order valence-electron chi connectivity index (χ1n) is 6.98. The summed E-state index contributed by atoms with van der Waals surface area (Å²) in [5, 5.41) is 4.20. The number of benzene rings is 1. The molecule has 0 fully saturated rings. The number of H-pyrrole nitrogens is 1. The molecule has 2 atom stereocenters. The number of amides is 2. The molecule has 1 heterocycles. The van der Waals surface area contributed by atoms with Crippen LogP contribution < -0.4 is 16.4 Å². The Balaban J connectivity index is 2.18. The van der Waals surface area contributed by atoms with Crippen molar-refractivity contribution in [1.29, 1.82) is 0 Å². The summed E-state index contributed by atoms with van der Waals surface area (Å²) in [6.45, 7) is 3.02. The number of hydrogen-bond acceptors (Lipinski definition) is 3. The summed E-state index contributed by atoms with van der Waals surface area (Å²) < 4.78 is 43.9. The van der Waals surface area contributed by atoms with Crippen LogP contribution in [-0.4, -0.2) is 23.2 Å². The van der Waals surface area contributed by atoms with Crippen LogP contribution >= 0.6 is 0 Å². The van der Waals surface area contributed by atoms with Gasteiger partial charge in [0, 0.05) is 0 Å². The lowest BCUT2D eigenvalue weighted by molar-refractivity contribution is -0.163. The molecule has 0 aliphatic carbocycles. The summed E-state index contributed by atoms with van der Waals surface area (Å²) in [7, 11) is 0. The summed E-state index contributed by atoms with van der Waals surface area (Å²) in [5.41, 5.74) is 0.505. The zero-order chi connectivity index (χ0) is 17.2. The van der Waals surface area contributed by atoms with Crippen molar-refractivity contribution in [3.63, 3.8) is 0 Å². The number of anilines is 1. The van der Waals surface area contributed by atoms with Crippen molar-refractivity contribution in [2.45, 2.75) is 32.5 Å². The molecule has 126 valence electrons. The van der Waals surface area contributed by atoms with Gasteiger partial charge in [0.25, 0.3) is 0 Å². The van der Waals surface area contributed by atoms with Crippen LogP contribution in [0.3, 0.4) is 0 Å². The second-order valence-corrected chi connectivity index (χ2v) is 5.20. The number of aromatic amines is 1. The third-order valence-corrected chi connectivity index (χ3v) is 3.55. The smallest absolute Gasteiger partial charge is 0.406 e. The summed E-state index contributed by atoms with van der Waals surface area (Å²) in [4.78, 5) is 25.4. The molecule has 2 rings (SSSR count). The molecule has 23 heavy (non-hydrogen) atoms. The van der Waals surface area contributed by atoms with Crippen LogP contribution in [0.5, 0.6) is 0 Å². The molecular weight excluding hydrogens is 315 g/mol. The number of nitrogens with one attached hydrogen (secondary N) is 3. The molecule has 2 aromatic rings. The number of para-hydroxylation sites is 1. The van der Waals surface area contributed by atoms with Crippen LogP contribution in [0.1, 0.15) is 20.3 Å². The molecule has 9 heteroatoms. The third kappa shape index (κ3) is 3.85. The van der Waals surface area contributed by atoms with Crippen molar-refractivity contribution in [3.05, 3.63) is 28.7 Å². The minimum absolute atomic E-state index is 0.0692. The van der Waals surface area contributed by atoms with Gasteiger partial charge in [-0.3, -0.25) is 4.98 Å². The van der Waals surface area contributed by atoms with E-state index in [0.29, 0.717) is 5.52 Å². The van der Waals surface area contributed by atoms with Crippen molar-refractivity contribution in [2.24, 2.45) is 5.92 Å². The zero-order valence-electron chi connectivity index (χ0n) is 12.5. The maximum Gasteiger partial charge on any atom is 0.417 e. The van der Waals surface area contributed by atoms with Gasteiger partial charge in [0.05, 0.1) is 11.2 Å². The van der Waals surface area contributed by atoms with Gasteiger partial charge < -0.3 is 15.1 Å². The van der Waals surface area contributed by atoms with Crippen LogP contribution in [0.15, 0.2) is 27.4 Å². The van der Waals surface area contributed by atoms with Gasteiger partial charge in [-0.2, -0.15) is 13.2 Å². The number of aromatic nitrogens is 1. The fraction of sp³-hybridized carbons (Fsp3) is 0.429. The van der Waals surface area contributed by atoms with E-state index in [2.05, 4.69) is 10.3 Å². The second-order valence-electron chi connectivity index (χ2n) is 5.20. The van der Waals surface area contributed by atoms with Gasteiger partial charge in [0.1, 0.15) is 6.04 Å². The highest BCUT2D eigenvalue weighted by Crippen LogP contribution is 2.27. The van der Waals surface area contributed by atoms with Crippen molar-refractivity contribution in [2.75, 3.05) is 5.32 Å². The number of oxazole rings is 1. The fourth-order valence-corrected chi connectivity index (χ4v) is 2.15. The van der Waals surface area contributed by atoms with E-state index in [1.807, 2.05) is 5.32 Å².